The van der Waals surface area contributed by atoms with E-state index in [2.05, 4.69) is 21.2 Å². The summed E-state index contributed by atoms with van der Waals surface area (Å²) in [5, 5.41) is 2.81. The molecule has 0 fully saturated rings. The molecule has 1 amide bonds. The van der Waals surface area contributed by atoms with Gasteiger partial charge in [0.05, 0.1) is 6.54 Å². The maximum absolute atomic E-state index is 11.8. The summed E-state index contributed by atoms with van der Waals surface area (Å²) >= 11 is 3.33. The van der Waals surface area contributed by atoms with Crippen LogP contribution in [0.1, 0.15) is 10.4 Å². The predicted octanol–water partition coefficient (Wildman–Crippen LogP) is 3.26. The van der Waals surface area contributed by atoms with E-state index in [9.17, 15) is 4.79 Å². The van der Waals surface area contributed by atoms with Crippen LogP contribution in [0.3, 0.4) is 0 Å². The van der Waals surface area contributed by atoms with E-state index < -0.39 is 0 Å². The first-order chi connectivity index (χ1) is 9.25. The van der Waals surface area contributed by atoms with Crippen molar-refractivity contribution >= 4 is 21.8 Å². The Balaban J connectivity index is 1.74. The summed E-state index contributed by atoms with van der Waals surface area (Å²) in [6, 6.07) is 16.8. The van der Waals surface area contributed by atoms with Crippen LogP contribution in [-0.4, -0.2) is 19.1 Å². The molecule has 0 atom stereocenters. The molecule has 19 heavy (non-hydrogen) atoms. The Morgan fingerprint density at radius 1 is 1.05 bits per heavy atom. The van der Waals surface area contributed by atoms with Gasteiger partial charge in [0.2, 0.25) is 0 Å². The first kappa shape index (κ1) is 13.6. The Hall–Kier alpha value is -1.81. The smallest absolute Gasteiger partial charge is 0.251 e. The zero-order valence-corrected chi connectivity index (χ0v) is 11.9. The monoisotopic (exact) mass is 319 g/mol. The molecule has 0 unspecified atom stereocenters. The second kappa shape index (κ2) is 6.95. The number of ether oxygens (including phenoxy) is 1. The van der Waals surface area contributed by atoms with Crippen LogP contribution in [0.4, 0.5) is 0 Å². The van der Waals surface area contributed by atoms with Crippen molar-refractivity contribution in [2.75, 3.05) is 13.2 Å². The minimum Gasteiger partial charge on any atom is -0.492 e. The topological polar surface area (TPSA) is 38.3 Å². The van der Waals surface area contributed by atoms with Gasteiger partial charge >= 0.3 is 0 Å². The molecule has 0 saturated carbocycles. The summed E-state index contributed by atoms with van der Waals surface area (Å²) in [6.07, 6.45) is 0. The zero-order valence-electron chi connectivity index (χ0n) is 10.3. The third-order valence-corrected chi connectivity index (χ3v) is 3.03. The normalized spacial score (nSPS) is 9.95. The maximum atomic E-state index is 11.8. The highest BCUT2D eigenvalue weighted by atomic mass is 79.9. The molecule has 3 nitrogen and oxygen atoms in total. The van der Waals surface area contributed by atoms with Crippen LogP contribution in [0.5, 0.6) is 5.75 Å². The van der Waals surface area contributed by atoms with Crippen LogP contribution in [0.15, 0.2) is 59.1 Å². The van der Waals surface area contributed by atoms with Crippen LogP contribution >= 0.6 is 15.9 Å². The Kier molecular flexibility index (Phi) is 4.98. The molecule has 0 spiro atoms. The van der Waals surface area contributed by atoms with Gasteiger partial charge in [0.25, 0.3) is 5.91 Å². The lowest BCUT2D eigenvalue weighted by Gasteiger charge is -2.07. The summed E-state index contributed by atoms with van der Waals surface area (Å²) < 4.78 is 6.44. The minimum atomic E-state index is -0.0934. The number of halogens is 1. The number of para-hydroxylation sites is 1. The molecular weight excluding hydrogens is 306 g/mol. The van der Waals surface area contributed by atoms with Gasteiger partial charge in [-0.2, -0.15) is 0 Å². The molecule has 0 aromatic heterocycles. The first-order valence-corrected chi connectivity index (χ1v) is 6.76. The van der Waals surface area contributed by atoms with E-state index in [-0.39, 0.29) is 5.91 Å². The molecule has 2 aromatic carbocycles. The van der Waals surface area contributed by atoms with Crippen LogP contribution in [0, 0.1) is 0 Å². The molecular formula is C15H14BrNO2. The van der Waals surface area contributed by atoms with Crippen LogP contribution in [0.25, 0.3) is 0 Å². The number of benzene rings is 2. The average molecular weight is 320 g/mol. The number of hydrogen-bond acceptors (Lipinski definition) is 2. The van der Waals surface area contributed by atoms with Crippen molar-refractivity contribution in [2.45, 2.75) is 0 Å². The van der Waals surface area contributed by atoms with Gasteiger partial charge in [0.15, 0.2) is 0 Å². The van der Waals surface area contributed by atoms with E-state index in [1.54, 1.807) is 12.1 Å². The molecule has 0 aliphatic rings. The van der Waals surface area contributed by atoms with E-state index in [0.717, 1.165) is 10.2 Å². The number of carbonyl (C=O) groups is 1. The van der Waals surface area contributed by atoms with E-state index in [0.29, 0.717) is 18.7 Å². The molecule has 0 radical (unpaired) electrons. The fraction of sp³-hybridized carbons (Fsp3) is 0.133. The maximum Gasteiger partial charge on any atom is 0.251 e. The molecule has 0 saturated heterocycles. The van der Waals surface area contributed by atoms with E-state index >= 15 is 0 Å². The Morgan fingerprint density at radius 2 is 1.74 bits per heavy atom. The molecule has 0 aliphatic carbocycles. The van der Waals surface area contributed by atoms with E-state index in [1.165, 1.54) is 0 Å². The van der Waals surface area contributed by atoms with Gasteiger partial charge in [-0.15, -0.1) is 0 Å². The number of rotatable bonds is 5. The second-order valence-electron chi connectivity index (χ2n) is 3.92. The molecule has 0 aliphatic heterocycles. The van der Waals surface area contributed by atoms with Crippen molar-refractivity contribution in [3.8, 4) is 5.75 Å². The van der Waals surface area contributed by atoms with Gasteiger partial charge in [-0.25, -0.2) is 0 Å². The summed E-state index contributed by atoms with van der Waals surface area (Å²) in [5.41, 5.74) is 0.642. The highest BCUT2D eigenvalue weighted by molar-refractivity contribution is 9.10. The van der Waals surface area contributed by atoms with Gasteiger partial charge in [-0.3, -0.25) is 4.79 Å². The Bertz CT molecular complexity index is 526. The molecule has 2 rings (SSSR count). The van der Waals surface area contributed by atoms with Crippen molar-refractivity contribution in [1.82, 2.24) is 5.32 Å². The van der Waals surface area contributed by atoms with E-state index in [1.807, 2.05) is 42.5 Å². The van der Waals surface area contributed by atoms with Crippen molar-refractivity contribution in [2.24, 2.45) is 0 Å². The van der Waals surface area contributed by atoms with Gasteiger partial charge in [0.1, 0.15) is 12.4 Å². The highest BCUT2D eigenvalue weighted by Gasteiger charge is 2.03. The Labute approximate surface area is 120 Å². The number of amides is 1. The molecule has 4 heteroatoms. The lowest BCUT2D eigenvalue weighted by molar-refractivity contribution is 0.0947. The third-order valence-electron chi connectivity index (χ3n) is 2.51. The standard InChI is InChI=1S/C15H14BrNO2/c16-13-8-6-12(7-9-13)15(18)17-10-11-19-14-4-2-1-3-5-14/h1-9H,10-11H2,(H,17,18). The van der Waals surface area contributed by atoms with Crippen LogP contribution < -0.4 is 10.1 Å². The quantitative estimate of drug-likeness (QED) is 0.859. The predicted molar refractivity (Wildman–Crippen MR) is 78.4 cm³/mol. The van der Waals surface area contributed by atoms with Crippen molar-refractivity contribution < 1.29 is 9.53 Å². The van der Waals surface area contributed by atoms with Crippen molar-refractivity contribution in [1.29, 1.82) is 0 Å². The Morgan fingerprint density at radius 3 is 2.42 bits per heavy atom. The van der Waals surface area contributed by atoms with Crippen LogP contribution in [0.2, 0.25) is 0 Å². The third kappa shape index (κ3) is 4.41. The first-order valence-electron chi connectivity index (χ1n) is 5.97. The van der Waals surface area contributed by atoms with Gasteiger partial charge in [-0.05, 0) is 36.4 Å². The highest BCUT2D eigenvalue weighted by Crippen LogP contribution is 2.10. The number of carbonyl (C=O) groups excluding carboxylic acids is 1. The van der Waals surface area contributed by atoms with Gasteiger partial charge < -0.3 is 10.1 Å². The van der Waals surface area contributed by atoms with Crippen LogP contribution in [-0.2, 0) is 0 Å². The summed E-state index contributed by atoms with van der Waals surface area (Å²) in [7, 11) is 0. The van der Waals surface area contributed by atoms with Gasteiger partial charge in [0, 0.05) is 10.0 Å². The number of nitrogens with one attached hydrogen (secondary N) is 1. The van der Waals surface area contributed by atoms with Crippen molar-refractivity contribution in [3.63, 3.8) is 0 Å². The SMILES string of the molecule is O=C(NCCOc1ccccc1)c1ccc(Br)cc1. The second-order valence-corrected chi connectivity index (χ2v) is 4.84. The fourth-order valence-electron chi connectivity index (χ4n) is 1.55. The van der Waals surface area contributed by atoms with Gasteiger partial charge in [-0.1, -0.05) is 34.1 Å². The lowest BCUT2D eigenvalue weighted by Crippen LogP contribution is -2.28. The lowest BCUT2D eigenvalue weighted by atomic mass is 10.2. The largest absolute Gasteiger partial charge is 0.492 e. The molecule has 1 N–H and O–H groups in total. The molecule has 0 bridgehead atoms. The summed E-state index contributed by atoms with van der Waals surface area (Å²) in [6.45, 7) is 0.927. The summed E-state index contributed by atoms with van der Waals surface area (Å²) in [4.78, 5) is 11.8. The molecule has 98 valence electrons. The average Bonchev–Trinajstić information content (AvgIpc) is 2.45. The minimum absolute atomic E-state index is 0.0934. The zero-order chi connectivity index (χ0) is 13.5. The molecule has 0 heterocycles. The summed E-state index contributed by atoms with van der Waals surface area (Å²) in [5.74, 6) is 0.713. The van der Waals surface area contributed by atoms with Crippen molar-refractivity contribution in [3.05, 3.63) is 64.6 Å². The molecule has 2 aromatic rings. The number of hydrogen-bond donors (Lipinski definition) is 1. The van der Waals surface area contributed by atoms with E-state index in [4.69, 9.17) is 4.74 Å². The fourth-order valence-corrected chi connectivity index (χ4v) is 1.82.